The van der Waals surface area contributed by atoms with Gasteiger partial charge in [0.25, 0.3) is 0 Å². The SMILES string of the molecule is Cc1ccc(C)c(CC(C)NC2CC2)c1. The molecule has 0 spiro atoms. The first-order valence-corrected chi connectivity index (χ1v) is 5.97. The van der Waals surface area contributed by atoms with Crippen molar-refractivity contribution >= 4 is 0 Å². The summed E-state index contributed by atoms with van der Waals surface area (Å²) in [6, 6.07) is 8.16. The van der Waals surface area contributed by atoms with Crippen LogP contribution in [-0.4, -0.2) is 12.1 Å². The fourth-order valence-corrected chi connectivity index (χ4v) is 2.06. The molecule has 0 heterocycles. The first kappa shape index (κ1) is 10.7. The summed E-state index contributed by atoms with van der Waals surface area (Å²) in [6.45, 7) is 6.67. The fourth-order valence-electron chi connectivity index (χ4n) is 2.06. The molecule has 15 heavy (non-hydrogen) atoms. The molecule has 1 atom stereocenters. The van der Waals surface area contributed by atoms with E-state index in [9.17, 15) is 0 Å². The highest BCUT2D eigenvalue weighted by atomic mass is 15.0. The molecule has 1 aliphatic carbocycles. The molecule has 0 saturated heterocycles. The molecule has 1 aromatic carbocycles. The maximum atomic E-state index is 3.65. The summed E-state index contributed by atoms with van der Waals surface area (Å²) in [4.78, 5) is 0. The van der Waals surface area contributed by atoms with Gasteiger partial charge in [0.05, 0.1) is 0 Å². The summed E-state index contributed by atoms with van der Waals surface area (Å²) >= 11 is 0. The molecule has 1 fully saturated rings. The molecule has 2 rings (SSSR count). The largest absolute Gasteiger partial charge is 0.311 e. The zero-order valence-corrected chi connectivity index (χ0v) is 10.0. The van der Waals surface area contributed by atoms with Gasteiger partial charge in [0, 0.05) is 12.1 Å². The number of nitrogens with one attached hydrogen (secondary N) is 1. The van der Waals surface area contributed by atoms with Gasteiger partial charge < -0.3 is 5.32 Å². The van der Waals surface area contributed by atoms with Gasteiger partial charge >= 0.3 is 0 Å². The molecule has 1 aliphatic rings. The Bertz CT molecular complexity index is 339. The van der Waals surface area contributed by atoms with E-state index in [1.807, 2.05) is 0 Å². The lowest BCUT2D eigenvalue weighted by atomic mass is 10.00. The number of rotatable bonds is 4. The van der Waals surface area contributed by atoms with Crippen molar-refractivity contribution in [1.82, 2.24) is 5.32 Å². The second-order valence-corrected chi connectivity index (χ2v) is 4.98. The van der Waals surface area contributed by atoms with Crippen LogP contribution in [0.25, 0.3) is 0 Å². The first-order chi connectivity index (χ1) is 7.15. The normalized spacial score (nSPS) is 17.8. The van der Waals surface area contributed by atoms with Crippen molar-refractivity contribution in [1.29, 1.82) is 0 Å². The Morgan fingerprint density at radius 2 is 2.07 bits per heavy atom. The average molecular weight is 203 g/mol. The summed E-state index contributed by atoms with van der Waals surface area (Å²) in [5, 5.41) is 3.65. The van der Waals surface area contributed by atoms with Crippen LogP contribution in [0.2, 0.25) is 0 Å². The number of aryl methyl sites for hydroxylation is 2. The van der Waals surface area contributed by atoms with Crippen LogP contribution in [0.15, 0.2) is 18.2 Å². The minimum Gasteiger partial charge on any atom is -0.311 e. The van der Waals surface area contributed by atoms with E-state index in [1.54, 1.807) is 0 Å². The Labute approximate surface area is 92.9 Å². The van der Waals surface area contributed by atoms with E-state index in [-0.39, 0.29) is 0 Å². The van der Waals surface area contributed by atoms with E-state index in [1.165, 1.54) is 29.5 Å². The number of hydrogen-bond acceptors (Lipinski definition) is 1. The quantitative estimate of drug-likeness (QED) is 0.793. The lowest BCUT2D eigenvalue weighted by molar-refractivity contribution is 0.541. The van der Waals surface area contributed by atoms with Crippen molar-refractivity contribution < 1.29 is 0 Å². The lowest BCUT2D eigenvalue weighted by Gasteiger charge is -2.15. The molecular formula is C14H21N. The highest BCUT2D eigenvalue weighted by molar-refractivity contribution is 5.31. The highest BCUT2D eigenvalue weighted by Crippen LogP contribution is 2.20. The molecule has 0 bridgehead atoms. The van der Waals surface area contributed by atoms with Gasteiger partial charge in [-0.05, 0) is 51.2 Å². The fraction of sp³-hybridized carbons (Fsp3) is 0.571. The Kier molecular flexibility index (Phi) is 3.11. The summed E-state index contributed by atoms with van der Waals surface area (Å²) in [5.41, 5.74) is 4.29. The van der Waals surface area contributed by atoms with E-state index >= 15 is 0 Å². The third kappa shape index (κ3) is 3.07. The van der Waals surface area contributed by atoms with Crippen LogP contribution < -0.4 is 5.32 Å². The average Bonchev–Trinajstić information content (AvgIpc) is 2.95. The second-order valence-electron chi connectivity index (χ2n) is 4.98. The molecule has 1 heteroatoms. The van der Waals surface area contributed by atoms with Gasteiger partial charge in [-0.25, -0.2) is 0 Å². The van der Waals surface area contributed by atoms with Crippen LogP contribution in [0.1, 0.15) is 36.5 Å². The van der Waals surface area contributed by atoms with Crippen molar-refractivity contribution in [2.75, 3.05) is 0 Å². The molecule has 0 amide bonds. The third-order valence-electron chi connectivity index (χ3n) is 3.13. The van der Waals surface area contributed by atoms with E-state index in [0.29, 0.717) is 6.04 Å². The Balaban J connectivity index is 1.98. The maximum absolute atomic E-state index is 3.65. The van der Waals surface area contributed by atoms with Crippen LogP contribution in [0.3, 0.4) is 0 Å². The summed E-state index contributed by atoms with van der Waals surface area (Å²) < 4.78 is 0. The molecule has 1 saturated carbocycles. The highest BCUT2D eigenvalue weighted by Gasteiger charge is 2.22. The lowest BCUT2D eigenvalue weighted by Crippen LogP contribution is -2.30. The molecule has 0 radical (unpaired) electrons. The second kappa shape index (κ2) is 4.36. The van der Waals surface area contributed by atoms with Crippen molar-refractivity contribution in [3.63, 3.8) is 0 Å². The third-order valence-corrected chi connectivity index (χ3v) is 3.13. The Morgan fingerprint density at radius 1 is 1.33 bits per heavy atom. The summed E-state index contributed by atoms with van der Waals surface area (Å²) in [5.74, 6) is 0. The smallest absolute Gasteiger partial charge is 0.00818 e. The molecule has 1 unspecified atom stereocenters. The molecule has 0 aromatic heterocycles. The van der Waals surface area contributed by atoms with Gasteiger partial charge in [0.15, 0.2) is 0 Å². The van der Waals surface area contributed by atoms with Crippen LogP contribution in [-0.2, 0) is 6.42 Å². The predicted molar refractivity (Wildman–Crippen MR) is 65.2 cm³/mol. The molecule has 1 N–H and O–H groups in total. The molecule has 82 valence electrons. The van der Waals surface area contributed by atoms with Gasteiger partial charge in [-0.1, -0.05) is 23.8 Å². The van der Waals surface area contributed by atoms with E-state index < -0.39 is 0 Å². The number of hydrogen-bond donors (Lipinski definition) is 1. The van der Waals surface area contributed by atoms with Gasteiger partial charge in [-0.15, -0.1) is 0 Å². The standard InChI is InChI=1S/C14H21N/c1-10-4-5-11(2)13(8-10)9-12(3)15-14-6-7-14/h4-5,8,12,14-15H,6-7,9H2,1-3H3. The van der Waals surface area contributed by atoms with Gasteiger partial charge in [0.1, 0.15) is 0 Å². The van der Waals surface area contributed by atoms with Crippen molar-refractivity contribution in [3.8, 4) is 0 Å². The zero-order valence-electron chi connectivity index (χ0n) is 10.0. The van der Waals surface area contributed by atoms with Gasteiger partial charge in [0.2, 0.25) is 0 Å². The van der Waals surface area contributed by atoms with Crippen molar-refractivity contribution in [3.05, 3.63) is 34.9 Å². The van der Waals surface area contributed by atoms with Crippen molar-refractivity contribution in [2.24, 2.45) is 0 Å². The monoisotopic (exact) mass is 203 g/mol. The summed E-state index contributed by atoms with van der Waals surface area (Å²) in [7, 11) is 0. The van der Waals surface area contributed by atoms with Crippen LogP contribution >= 0.6 is 0 Å². The zero-order chi connectivity index (χ0) is 10.8. The van der Waals surface area contributed by atoms with E-state index in [2.05, 4.69) is 44.3 Å². The minimum atomic E-state index is 0.609. The summed E-state index contributed by atoms with van der Waals surface area (Å²) in [6.07, 6.45) is 3.90. The molecular weight excluding hydrogens is 182 g/mol. The van der Waals surface area contributed by atoms with E-state index in [4.69, 9.17) is 0 Å². The van der Waals surface area contributed by atoms with Crippen LogP contribution in [0.4, 0.5) is 0 Å². The predicted octanol–water partition coefficient (Wildman–Crippen LogP) is 2.99. The molecule has 1 aromatic rings. The van der Waals surface area contributed by atoms with E-state index in [0.717, 1.165) is 12.5 Å². The molecule has 0 aliphatic heterocycles. The van der Waals surface area contributed by atoms with Crippen molar-refractivity contribution in [2.45, 2.75) is 52.1 Å². The topological polar surface area (TPSA) is 12.0 Å². The van der Waals surface area contributed by atoms with Crippen LogP contribution in [0.5, 0.6) is 0 Å². The van der Waals surface area contributed by atoms with Gasteiger partial charge in [-0.2, -0.15) is 0 Å². The van der Waals surface area contributed by atoms with Gasteiger partial charge in [-0.3, -0.25) is 0 Å². The Hall–Kier alpha value is -0.820. The first-order valence-electron chi connectivity index (χ1n) is 5.97. The van der Waals surface area contributed by atoms with Crippen LogP contribution in [0, 0.1) is 13.8 Å². The molecule has 1 nitrogen and oxygen atoms in total. The number of benzene rings is 1. The Morgan fingerprint density at radius 3 is 2.73 bits per heavy atom. The minimum absolute atomic E-state index is 0.609. The maximum Gasteiger partial charge on any atom is 0.00818 e.